The molecule has 0 N–H and O–H groups in total. The molecule has 0 aliphatic carbocycles. The molecule has 2 aromatic carbocycles. The Kier molecular flexibility index (Phi) is 5.40. The average molecular weight is 339 g/mol. The Morgan fingerprint density at radius 3 is 2.76 bits per heavy atom. The Balaban J connectivity index is 1.74. The van der Waals surface area contributed by atoms with E-state index in [2.05, 4.69) is 10.1 Å². The maximum absolute atomic E-state index is 12.7. The lowest BCUT2D eigenvalue weighted by Gasteiger charge is -2.23. The van der Waals surface area contributed by atoms with E-state index in [1.54, 1.807) is 11.8 Å². The first-order valence-corrected chi connectivity index (χ1v) is 8.34. The van der Waals surface area contributed by atoms with Crippen LogP contribution in [0.4, 0.5) is 5.69 Å². The van der Waals surface area contributed by atoms with Gasteiger partial charge in [-0.1, -0.05) is 48.5 Å². The Labute approximate surface area is 146 Å². The third-order valence-electron chi connectivity index (χ3n) is 3.83. The lowest BCUT2D eigenvalue weighted by atomic mass is 10.1. The van der Waals surface area contributed by atoms with Crippen LogP contribution in [0, 0.1) is 6.92 Å². The van der Waals surface area contributed by atoms with E-state index in [1.807, 2.05) is 49.4 Å². The quantitative estimate of drug-likeness (QED) is 0.659. The molecule has 6 heteroatoms. The molecule has 0 fully saturated rings. The van der Waals surface area contributed by atoms with Gasteiger partial charge in [0, 0.05) is 11.9 Å². The van der Waals surface area contributed by atoms with E-state index in [0.717, 1.165) is 22.9 Å². The van der Waals surface area contributed by atoms with Crippen molar-refractivity contribution < 1.29 is 14.1 Å². The van der Waals surface area contributed by atoms with Crippen LogP contribution < -0.4 is 4.90 Å². The van der Waals surface area contributed by atoms with E-state index in [1.165, 1.54) is 0 Å². The maximum atomic E-state index is 12.7. The molecule has 0 bridgehead atoms. The van der Waals surface area contributed by atoms with Gasteiger partial charge >= 0.3 is 0 Å². The van der Waals surface area contributed by atoms with Crippen LogP contribution in [-0.4, -0.2) is 29.2 Å². The summed E-state index contributed by atoms with van der Waals surface area (Å²) in [6.45, 7) is 4.51. The highest BCUT2D eigenvalue weighted by Gasteiger charge is 2.17. The molecule has 6 nitrogen and oxygen atoms in total. The monoisotopic (exact) mass is 339 g/mol. The van der Waals surface area contributed by atoms with Crippen LogP contribution >= 0.6 is 0 Å². The molecule has 0 saturated heterocycles. The van der Waals surface area contributed by atoms with Gasteiger partial charge < -0.3 is 14.2 Å². The zero-order chi connectivity index (χ0) is 17.6. The number of carbonyl (C=O) groups is 1. The van der Waals surface area contributed by atoms with Crippen LogP contribution in [0.25, 0.3) is 10.8 Å². The van der Waals surface area contributed by atoms with Crippen molar-refractivity contribution in [2.45, 2.75) is 26.9 Å². The summed E-state index contributed by atoms with van der Waals surface area (Å²) in [5.41, 5.74) is 0.905. The molecule has 1 aromatic heterocycles. The standard InChI is InChI=1S/C19H21N3O3/c1-3-11-22(17-10-6-8-15-7-4-5-9-16(15)17)19(23)13-24-12-18-20-14(2)21-25-18/h4-10H,3,11-13H2,1-2H3. The zero-order valence-electron chi connectivity index (χ0n) is 14.4. The number of rotatable bonds is 7. The van der Waals surface area contributed by atoms with Gasteiger partial charge in [-0.3, -0.25) is 4.79 Å². The highest BCUT2D eigenvalue weighted by atomic mass is 16.5. The number of carbonyl (C=O) groups excluding carboxylic acids is 1. The Morgan fingerprint density at radius 1 is 1.20 bits per heavy atom. The fourth-order valence-electron chi connectivity index (χ4n) is 2.75. The van der Waals surface area contributed by atoms with Gasteiger partial charge in [-0.15, -0.1) is 0 Å². The Hall–Kier alpha value is -2.73. The van der Waals surface area contributed by atoms with Crippen LogP contribution in [0.5, 0.6) is 0 Å². The van der Waals surface area contributed by atoms with Gasteiger partial charge in [0.15, 0.2) is 5.82 Å². The molecule has 0 saturated carbocycles. The lowest BCUT2D eigenvalue weighted by molar-refractivity contribution is -0.123. The van der Waals surface area contributed by atoms with Gasteiger partial charge in [-0.2, -0.15) is 4.98 Å². The molecule has 0 aliphatic rings. The number of benzene rings is 2. The first-order chi connectivity index (χ1) is 12.2. The molecular weight excluding hydrogens is 318 g/mol. The second-order valence-electron chi connectivity index (χ2n) is 5.77. The number of hydrogen-bond acceptors (Lipinski definition) is 5. The Bertz CT molecular complexity index is 855. The number of ether oxygens (including phenoxy) is 1. The highest BCUT2D eigenvalue weighted by Crippen LogP contribution is 2.27. The number of fused-ring (bicyclic) bond motifs is 1. The van der Waals surface area contributed by atoms with Crippen LogP contribution in [0.1, 0.15) is 25.1 Å². The van der Waals surface area contributed by atoms with Crippen molar-refractivity contribution in [1.29, 1.82) is 0 Å². The summed E-state index contributed by atoms with van der Waals surface area (Å²) in [7, 11) is 0. The summed E-state index contributed by atoms with van der Waals surface area (Å²) in [6, 6.07) is 14.0. The van der Waals surface area contributed by atoms with Gasteiger partial charge in [0.1, 0.15) is 13.2 Å². The van der Waals surface area contributed by atoms with E-state index in [4.69, 9.17) is 9.26 Å². The SMILES string of the molecule is CCCN(C(=O)COCc1nc(C)no1)c1cccc2ccccc12. The predicted molar refractivity (Wildman–Crippen MR) is 95.3 cm³/mol. The van der Waals surface area contributed by atoms with E-state index in [0.29, 0.717) is 18.3 Å². The Morgan fingerprint density at radius 2 is 2.00 bits per heavy atom. The number of nitrogens with zero attached hydrogens (tertiary/aromatic N) is 3. The number of aromatic nitrogens is 2. The van der Waals surface area contributed by atoms with Crippen molar-refractivity contribution in [3.63, 3.8) is 0 Å². The summed E-state index contributed by atoms with van der Waals surface area (Å²) in [4.78, 5) is 18.5. The minimum atomic E-state index is -0.0885. The minimum Gasteiger partial charge on any atom is -0.362 e. The smallest absolute Gasteiger partial charge is 0.253 e. The number of amides is 1. The third-order valence-corrected chi connectivity index (χ3v) is 3.83. The van der Waals surface area contributed by atoms with Crippen molar-refractivity contribution in [3.8, 4) is 0 Å². The molecular formula is C19H21N3O3. The summed E-state index contributed by atoms with van der Waals surface area (Å²) >= 11 is 0. The van der Waals surface area contributed by atoms with Crippen LogP contribution in [0.3, 0.4) is 0 Å². The molecule has 0 unspecified atom stereocenters. The first kappa shape index (κ1) is 17.1. The second-order valence-corrected chi connectivity index (χ2v) is 5.77. The molecule has 0 radical (unpaired) electrons. The second kappa shape index (κ2) is 7.90. The van der Waals surface area contributed by atoms with E-state index in [-0.39, 0.29) is 19.1 Å². The fourth-order valence-corrected chi connectivity index (χ4v) is 2.75. The van der Waals surface area contributed by atoms with Crippen LogP contribution in [-0.2, 0) is 16.1 Å². The number of hydrogen-bond donors (Lipinski definition) is 0. The van der Waals surface area contributed by atoms with Gasteiger partial charge in [0.2, 0.25) is 0 Å². The molecule has 3 aromatic rings. The maximum Gasteiger partial charge on any atom is 0.253 e. The molecule has 130 valence electrons. The molecule has 3 rings (SSSR count). The van der Waals surface area contributed by atoms with Crippen molar-refractivity contribution in [2.75, 3.05) is 18.1 Å². The van der Waals surface area contributed by atoms with Crippen molar-refractivity contribution in [1.82, 2.24) is 10.1 Å². The summed E-state index contributed by atoms with van der Waals surface area (Å²) < 4.78 is 10.5. The zero-order valence-corrected chi connectivity index (χ0v) is 14.4. The van der Waals surface area contributed by atoms with Crippen molar-refractivity contribution >= 4 is 22.4 Å². The van der Waals surface area contributed by atoms with Gasteiger partial charge in [-0.05, 0) is 24.8 Å². The lowest BCUT2D eigenvalue weighted by Crippen LogP contribution is -2.34. The van der Waals surface area contributed by atoms with Gasteiger partial charge in [0.05, 0.1) is 5.69 Å². The topological polar surface area (TPSA) is 68.5 Å². The van der Waals surface area contributed by atoms with Crippen LogP contribution in [0.15, 0.2) is 47.0 Å². The van der Waals surface area contributed by atoms with E-state index >= 15 is 0 Å². The molecule has 0 aliphatic heterocycles. The predicted octanol–water partition coefficient (Wildman–Crippen LogP) is 3.49. The number of anilines is 1. The van der Waals surface area contributed by atoms with Crippen LogP contribution in [0.2, 0.25) is 0 Å². The average Bonchev–Trinajstić information content (AvgIpc) is 3.04. The summed E-state index contributed by atoms with van der Waals surface area (Å²) in [5, 5.41) is 5.86. The molecule has 1 amide bonds. The van der Waals surface area contributed by atoms with Crippen molar-refractivity contribution in [3.05, 3.63) is 54.2 Å². The van der Waals surface area contributed by atoms with Crippen molar-refractivity contribution in [2.24, 2.45) is 0 Å². The fraction of sp³-hybridized carbons (Fsp3) is 0.316. The normalized spacial score (nSPS) is 11.0. The third kappa shape index (κ3) is 4.03. The molecule has 0 spiro atoms. The highest BCUT2D eigenvalue weighted by molar-refractivity contribution is 6.04. The van der Waals surface area contributed by atoms with Gasteiger partial charge in [0.25, 0.3) is 11.8 Å². The molecule has 0 atom stereocenters. The van der Waals surface area contributed by atoms with E-state index < -0.39 is 0 Å². The minimum absolute atomic E-state index is 0.0371. The first-order valence-electron chi connectivity index (χ1n) is 8.34. The largest absolute Gasteiger partial charge is 0.362 e. The molecule has 1 heterocycles. The summed E-state index contributed by atoms with van der Waals surface area (Å²) in [6.07, 6.45) is 0.859. The number of aryl methyl sites for hydroxylation is 1. The molecule has 25 heavy (non-hydrogen) atoms. The van der Waals surface area contributed by atoms with E-state index in [9.17, 15) is 4.79 Å². The van der Waals surface area contributed by atoms with Gasteiger partial charge in [-0.25, -0.2) is 0 Å². The summed E-state index contributed by atoms with van der Waals surface area (Å²) in [5.74, 6) is 0.834.